The number of hydrogen-bond donors (Lipinski definition) is 3. The van der Waals surface area contributed by atoms with Crippen LogP contribution in [0.5, 0.6) is 0 Å². The summed E-state index contributed by atoms with van der Waals surface area (Å²) < 4.78 is 2.06. The number of halogens is 2. The molecule has 3 rings (SSSR count). The Labute approximate surface area is 249 Å². The predicted octanol–water partition coefficient (Wildman–Crippen LogP) is 7.70. The number of hydrogen-bond acceptors (Lipinski definition) is 7. The summed E-state index contributed by atoms with van der Waals surface area (Å²) >= 11 is 5.71. The number of nitrogens with zero attached hydrogens (tertiary/aromatic N) is 4. The quantitative estimate of drug-likeness (QED) is 0.0422. The van der Waals surface area contributed by atoms with Gasteiger partial charge in [-0.2, -0.15) is 4.98 Å². The van der Waals surface area contributed by atoms with E-state index in [0.29, 0.717) is 25.0 Å². The van der Waals surface area contributed by atoms with E-state index in [1.54, 1.807) is 15.2 Å². The number of allylic oxidation sites excluding steroid dienone is 3. The van der Waals surface area contributed by atoms with E-state index in [2.05, 4.69) is 108 Å². The van der Waals surface area contributed by atoms with E-state index >= 15 is 0 Å². The standard InChI is InChI=1S/C28H34BrIN6OS/c1-6-22(37)14-21-13-20(7-8-23(21)18(2)3)24-17-36(38-30)27-26(24)25(34-28(31-5)35-27)16-33-12-11-32-10-9-19(4)15-29/h6-10,13-14,17-18,33,37H,1,11-12,15-16H2,2-5H3,(H,31,34,35)/b19-9+,22-14+,32-10?. The monoisotopic (exact) mass is 708 g/mol. The fourth-order valence-electron chi connectivity index (χ4n) is 3.94. The molecule has 7 nitrogen and oxygen atoms in total. The number of fused-ring (bicyclic) bond motifs is 1. The summed E-state index contributed by atoms with van der Waals surface area (Å²) in [5, 5.41) is 18.6. The van der Waals surface area contributed by atoms with Crippen molar-refractivity contribution in [2.75, 3.05) is 30.8 Å². The first-order valence-corrected chi connectivity index (χ1v) is 16.7. The number of anilines is 1. The molecule has 0 unspecified atom stereocenters. The zero-order valence-electron chi connectivity index (χ0n) is 22.1. The van der Waals surface area contributed by atoms with Crippen molar-refractivity contribution in [2.24, 2.45) is 4.99 Å². The van der Waals surface area contributed by atoms with Crippen molar-refractivity contribution in [3.63, 3.8) is 0 Å². The highest BCUT2D eigenvalue weighted by atomic mass is 127. The molecule has 0 saturated heterocycles. The number of aliphatic imine (C=N–C) groups is 1. The van der Waals surface area contributed by atoms with E-state index in [1.165, 1.54) is 11.6 Å². The van der Waals surface area contributed by atoms with Crippen LogP contribution in [0, 0.1) is 0 Å². The van der Waals surface area contributed by atoms with Crippen molar-refractivity contribution in [2.45, 2.75) is 33.2 Å². The zero-order chi connectivity index (χ0) is 27.7. The number of alkyl halides is 1. The normalized spacial score (nSPS) is 12.7. The van der Waals surface area contributed by atoms with Crippen molar-refractivity contribution < 1.29 is 5.11 Å². The van der Waals surface area contributed by atoms with Gasteiger partial charge in [-0.25, -0.2) is 4.98 Å². The second kappa shape index (κ2) is 14.9. The molecule has 0 aliphatic heterocycles. The Morgan fingerprint density at radius 3 is 2.79 bits per heavy atom. The molecule has 0 amide bonds. The van der Waals surface area contributed by atoms with E-state index in [0.717, 1.165) is 50.9 Å². The number of rotatable bonds is 13. The Kier molecular flexibility index (Phi) is 11.9. The molecule has 0 fully saturated rings. The highest BCUT2D eigenvalue weighted by Gasteiger charge is 2.19. The van der Waals surface area contributed by atoms with Crippen LogP contribution < -0.4 is 10.6 Å². The topological polar surface area (TPSA) is 87.4 Å². The highest BCUT2D eigenvalue weighted by Crippen LogP contribution is 2.37. The number of nitrogens with one attached hydrogen (secondary N) is 2. The second-order valence-corrected chi connectivity index (χ2v) is 11.3. The van der Waals surface area contributed by atoms with E-state index in [4.69, 9.17) is 9.97 Å². The van der Waals surface area contributed by atoms with Crippen LogP contribution in [0.25, 0.3) is 28.2 Å². The van der Waals surface area contributed by atoms with Gasteiger partial charge in [-0.3, -0.25) is 8.96 Å². The summed E-state index contributed by atoms with van der Waals surface area (Å²) in [7, 11) is 3.39. The molecule has 3 aromatic rings. The van der Waals surface area contributed by atoms with Crippen molar-refractivity contribution in [3.8, 4) is 11.1 Å². The summed E-state index contributed by atoms with van der Waals surface area (Å²) in [6, 6.07) is 6.38. The van der Waals surface area contributed by atoms with Crippen LogP contribution in [0.4, 0.5) is 5.95 Å². The Hall–Kier alpha value is -2.15. The average Bonchev–Trinajstić information content (AvgIpc) is 3.30. The molecule has 1 aromatic carbocycles. The van der Waals surface area contributed by atoms with Crippen LogP contribution in [-0.2, 0) is 6.54 Å². The lowest BCUT2D eigenvalue weighted by Gasteiger charge is -2.13. The van der Waals surface area contributed by atoms with E-state index in [9.17, 15) is 5.11 Å². The summed E-state index contributed by atoms with van der Waals surface area (Å²) in [6.45, 7) is 12.0. The predicted molar refractivity (Wildman–Crippen MR) is 177 cm³/mol. The summed E-state index contributed by atoms with van der Waals surface area (Å²) in [4.78, 5) is 14.1. The fourth-order valence-corrected chi connectivity index (χ4v) is 5.37. The van der Waals surface area contributed by atoms with Gasteiger partial charge in [-0.15, -0.1) is 0 Å². The molecular weight excluding hydrogens is 675 g/mol. The first kappa shape index (κ1) is 30.4. The summed E-state index contributed by atoms with van der Waals surface area (Å²) in [5.74, 6) is 1.03. The minimum atomic E-state index is 0.140. The van der Waals surface area contributed by atoms with Crippen molar-refractivity contribution >= 4 is 75.5 Å². The average molecular weight is 709 g/mol. The molecule has 0 radical (unpaired) electrons. The van der Waals surface area contributed by atoms with Gasteiger partial charge in [0.2, 0.25) is 5.95 Å². The molecule has 202 valence electrons. The lowest BCUT2D eigenvalue weighted by atomic mass is 9.92. The maximum absolute atomic E-state index is 10.2. The van der Waals surface area contributed by atoms with E-state index in [1.807, 2.05) is 19.3 Å². The molecule has 3 N–H and O–H groups in total. The number of aliphatic hydroxyl groups is 1. The van der Waals surface area contributed by atoms with Crippen LogP contribution in [0.1, 0.15) is 43.5 Å². The van der Waals surface area contributed by atoms with Gasteiger partial charge in [0.1, 0.15) is 5.76 Å². The van der Waals surface area contributed by atoms with Crippen LogP contribution >= 0.6 is 46.3 Å². The first-order chi connectivity index (χ1) is 18.3. The van der Waals surface area contributed by atoms with Gasteiger partial charge in [0.15, 0.2) is 5.65 Å². The van der Waals surface area contributed by atoms with Crippen molar-refractivity contribution in [1.29, 1.82) is 0 Å². The van der Waals surface area contributed by atoms with Crippen LogP contribution in [-0.4, -0.2) is 50.7 Å². The van der Waals surface area contributed by atoms with Crippen LogP contribution in [0.2, 0.25) is 0 Å². The number of aromatic nitrogens is 3. The molecule has 0 saturated carbocycles. The minimum absolute atomic E-state index is 0.140. The molecular formula is C28H34BrIN6OS. The molecule has 2 aromatic heterocycles. The Morgan fingerprint density at radius 1 is 1.34 bits per heavy atom. The van der Waals surface area contributed by atoms with Crippen molar-refractivity contribution in [1.82, 2.24) is 19.3 Å². The number of aliphatic hydroxyl groups excluding tert-OH is 1. The molecule has 0 spiro atoms. The maximum Gasteiger partial charge on any atom is 0.224 e. The minimum Gasteiger partial charge on any atom is -0.508 e. The third kappa shape index (κ3) is 7.71. The molecule has 10 heteroatoms. The molecule has 0 atom stereocenters. The van der Waals surface area contributed by atoms with Gasteiger partial charge >= 0.3 is 0 Å². The summed E-state index contributed by atoms with van der Waals surface area (Å²) in [6.07, 6.45) is 9.20. The molecule has 0 aliphatic carbocycles. The van der Waals surface area contributed by atoms with E-state index in [-0.39, 0.29) is 5.76 Å². The Balaban J connectivity index is 2.03. The van der Waals surface area contributed by atoms with Gasteiger partial charge in [0.05, 0.1) is 17.6 Å². The van der Waals surface area contributed by atoms with Gasteiger partial charge in [0.25, 0.3) is 0 Å². The Morgan fingerprint density at radius 2 is 2.13 bits per heavy atom. The Bertz CT molecular complexity index is 1370. The molecule has 0 aliphatic rings. The highest BCUT2D eigenvalue weighted by molar-refractivity contribution is 14.2. The molecule has 0 bridgehead atoms. The molecule has 38 heavy (non-hydrogen) atoms. The van der Waals surface area contributed by atoms with Gasteiger partial charge in [-0.05, 0) is 53.8 Å². The van der Waals surface area contributed by atoms with Gasteiger partial charge in [0, 0.05) is 73.8 Å². The maximum atomic E-state index is 10.2. The largest absolute Gasteiger partial charge is 0.508 e. The van der Waals surface area contributed by atoms with Gasteiger partial charge < -0.3 is 15.7 Å². The third-order valence-corrected chi connectivity index (χ3v) is 8.49. The van der Waals surface area contributed by atoms with Crippen LogP contribution in [0.3, 0.4) is 0 Å². The zero-order valence-corrected chi connectivity index (χ0v) is 26.7. The van der Waals surface area contributed by atoms with Crippen LogP contribution in [0.15, 0.2) is 59.5 Å². The van der Waals surface area contributed by atoms with E-state index < -0.39 is 0 Å². The SMILES string of the molecule is C=C/C(O)=C\c1cc(-c2cn(SI)c3nc(NC)nc(CNCCN=C/C=C(\C)CBr)c23)ccc1C(C)C. The summed E-state index contributed by atoms with van der Waals surface area (Å²) in [5.41, 5.74) is 7.19. The smallest absolute Gasteiger partial charge is 0.224 e. The lowest BCUT2D eigenvalue weighted by Crippen LogP contribution is -2.18. The van der Waals surface area contributed by atoms with Crippen molar-refractivity contribution in [3.05, 3.63) is 71.3 Å². The lowest BCUT2D eigenvalue weighted by molar-refractivity contribution is 0.438. The fraction of sp³-hybridized carbons (Fsp3) is 0.321. The number of benzene rings is 1. The third-order valence-electron chi connectivity index (χ3n) is 5.90. The first-order valence-electron chi connectivity index (χ1n) is 12.3. The second-order valence-electron chi connectivity index (χ2n) is 9.03. The van der Waals surface area contributed by atoms with Gasteiger partial charge in [-0.1, -0.05) is 54.1 Å². The molecule has 2 heterocycles.